The van der Waals surface area contributed by atoms with Crippen LogP contribution in [0.4, 0.5) is 0 Å². The number of likely N-dealkylation sites (tertiary alicyclic amines) is 1. The molecule has 0 N–H and O–H groups in total. The number of aromatic nitrogens is 2. The molecule has 1 aromatic heterocycles. The minimum atomic E-state index is 0.230. The first-order valence-electron chi connectivity index (χ1n) is 8.59. The van der Waals surface area contributed by atoms with E-state index in [4.69, 9.17) is 9.47 Å². The topological polar surface area (TPSA) is 47.5 Å². The molecule has 1 saturated heterocycles. The van der Waals surface area contributed by atoms with Crippen molar-refractivity contribution in [1.29, 1.82) is 0 Å². The van der Waals surface area contributed by atoms with Gasteiger partial charge in [0.25, 0.3) is 11.8 Å². The number of nitrogens with zero attached hydrogens (tertiary/aromatic N) is 3. The fraction of sp³-hybridized carbons (Fsp3) is 0.765. The van der Waals surface area contributed by atoms with E-state index in [-0.39, 0.29) is 6.10 Å². The van der Waals surface area contributed by atoms with Gasteiger partial charge in [0.1, 0.15) is 6.10 Å². The van der Waals surface area contributed by atoms with E-state index in [0.717, 1.165) is 31.8 Å². The molecule has 3 rings (SSSR count). The van der Waals surface area contributed by atoms with E-state index in [9.17, 15) is 0 Å². The molecule has 0 unspecified atom stereocenters. The molecule has 5 heteroatoms. The fourth-order valence-electron chi connectivity index (χ4n) is 3.64. The SMILES string of the molecule is COc1nccnc1OC1CCN(CC2CCCCC2)CC1. The molecule has 22 heavy (non-hydrogen) atoms. The standard InChI is InChI=1S/C17H27N3O2/c1-21-16-17(19-10-9-18-16)22-15-7-11-20(12-8-15)13-14-5-3-2-4-6-14/h9-10,14-15H,2-8,11-13H2,1H3. The largest absolute Gasteiger partial charge is 0.477 e. The van der Waals surface area contributed by atoms with E-state index < -0.39 is 0 Å². The van der Waals surface area contributed by atoms with Gasteiger partial charge in [-0.1, -0.05) is 19.3 Å². The Labute approximate surface area is 133 Å². The molecular formula is C17H27N3O2. The monoisotopic (exact) mass is 305 g/mol. The van der Waals surface area contributed by atoms with Crippen LogP contribution in [0.15, 0.2) is 12.4 Å². The predicted octanol–water partition coefficient (Wildman–Crippen LogP) is 2.91. The van der Waals surface area contributed by atoms with E-state index in [1.54, 1.807) is 19.5 Å². The highest BCUT2D eigenvalue weighted by atomic mass is 16.5. The summed E-state index contributed by atoms with van der Waals surface area (Å²) in [5, 5.41) is 0. The molecule has 2 fully saturated rings. The number of hydrogen-bond acceptors (Lipinski definition) is 5. The van der Waals surface area contributed by atoms with Gasteiger partial charge in [0.05, 0.1) is 7.11 Å². The van der Waals surface area contributed by atoms with Crippen molar-refractivity contribution in [1.82, 2.24) is 14.9 Å². The predicted molar refractivity (Wildman–Crippen MR) is 85.2 cm³/mol. The Kier molecular flexibility index (Phi) is 5.48. The van der Waals surface area contributed by atoms with Gasteiger partial charge in [-0.3, -0.25) is 0 Å². The molecule has 2 aliphatic rings. The van der Waals surface area contributed by atoms with E-state index in [1.165, 1.54) is 38.6 Å². The van der Waals surface area contributed by atoms with Gasteiger partial charge >= 0.3 is 0 Å². The fourth-order valence-corrected chi connectivity index (χ4v) is 3.64. The smallest absolute Gasteiger partial charge is 0.278 e. The lowest BCUT2D eigenvalue weighted by Crippen LogP contribution is -2.41. The summed E-state index contributed by atoms with van der Waals surface area (Å²) >= 11 is 0. The second-order valence-corrected chi connectivity index (χ2v) is 6.49. The van der Waals surface area contributed by atoms with Crippen LogP contribution in [0, 0.1) is 5.92 Å². The van der Waals surface area contributed by atoms with Gasteiger partial charge in [-0.2, -0.15) is 0 Å². The molecule has 0 atom stereocenters. The van der Waals surface area contributed by atoms with Gasteiger partial charge in [0, 0.05) is 32.0 Å². The molecule has 5 nitrogen and oxygen atoms in total. The number of hydrogen-bond donors (Lipinski definition) is 0. The summed E-state index contributed by atoms with van der Waals surface area (Å²) in [5.74, 6) is 1.93. The Morgan fingerprint density at radius 3 is 2.36 bits per heavy atom. The zero-order valence-corrected chi connectivity index (χ0v) is 13.5. The van der Waals surface area contributed by atoms with E-state index in [0.29, 0.717) is 11.8 Å². The van der Waals surface area contributed by atoms with Crippen LogP contribution in [-0.2, 0) is 0 Å². The van der Waals surface area contributed by atoms with Crippen molar-refractivity contribution < 1.29 is 9.47 Å². The van der Waals surface area contributed by atoms with Gasteiger partial charge in [0.15, 0.2) is 0 Å². The summed E-state index contributed by atoms with van der Waals surface area (Å²) in [6, 6.07) is 0. The zero-order valence-electron chi connectivity index (χ0n) is 13.5. The van der Waals surface area contributed by atoms with Crippen molar-refractivity contribution >= 4 is 0 Å². The number of piperidine rings is 1. The summed E-state index contributed by atoms with van der Waals surface area (Å²) in [6.45, 7) is 3.54. The van der Waals surface area contributed by atoms with Crippen molar-refractivity contribution in [3.8, 4) is 11.8 Å². The minimum absolute atomic E-state index is 0.230. The molecule has 1 aliphatic heterocycles. The molecule has 2 heterocycles. The molecule has 0 radical (unpaired) electrons. The Balaban J connectivity index is 1.45. The molecule has 1 saturated carbocycles. The molecule has 0 amide bonds. The van der Waals surface area contributed by atoms with Gasteiger partial charge < -0.3 is 14.4 Å². The first-order chi connectivity index (χ1) is 10.8. The Morgan fingerprint density at radius 2 is 1.68 bits per heavy atom. The molecule has 0 aromatic carbocycles. The third-order valence-corrected chi connectivity index (χ3v) is 4.88. The van der Waals surface area contributed by atoms with E-state index in [2.05, 4.69) is 14.9 Å². The third kappa shape index (κ3) is 4.09. The van der Waals surface area contributed by atoms with Crippen LogP contribution in [0.2, 0.25) is 0 Å². The lowest BCUT2D eigenvalue weighted by atomic mass is 9.88. The Morgan fingerprint density at radius 1 is 1.00 bits per heavy atom. The molecule has 1 aliphatic carbocycles. The molecular weight excluding hydrogens is 278 g/mol. The molecule has 122 valence electrons. The molecule has 1 aromatic rings. The minimum Gasteiger partial charge on any atom is -0.477 e. The maximum absolute atomic E-state index is 5.99. The average molecular weight is 305 g/mol. The second-order valence-electron chi connectivity index (χ2n) is 6.49. The van der Waals surface area contributed by atoms with Crippen molar-refractivity contribution in [3.05, 3.63) is 12.4 Å². The van der Waals surface area contributed by atoms with Crippen LogP contribution in [0.5, 0.6) is 11.8 Å². The first kappa shape index (κ1) is 15.5. The van der Waals surface area contributed by atoms with Crippen molar-refractivity contribution in [3.63, 3.8) is 0 Å². The highest BCUT2D eigenvalue weighted by Crippen LogP contribution is 2.27. The van der Waals surface area contributed by atoms with Crippen LogP contribution < -0.4 is 9.47 Å². The molecule has 0 bridgehead atoms. The van der Waals surface area contributed by atoms with Gasteiger partial charge in [-0.05, 0) is 31.6 Å². The van der Waals surface area contributed by atoms with Crippen LogP contribution in [0.1, 0.15) is 44.9 Å². The number of ether oxygens (including phenoxy) is 2. The summed E-state index contributed by atoms with van der Waals surface area (Å²) in [6.07, 6.45) is 12.8. The van der Waals surface area contributed by atoms with Crippen LogP contribution in [0.25, 0.3) is 0 Å². The summed E-state index contributed by atoms with van der Waals surface area (Å²) in [4.78, 5) is 11.0. The lowest BCUT2D eigenvalue weighted by molar-refractivity contribution is 0.0806. The van der Waals surface area contributed by atoms with Crippen molar-refractivity contribution in [2.45, 2.75) is 51.0 Å². The summed E-state index contributed by atoms with van der Waals surface area (Å²) < 4.78 is 11.2. The highest BCUT2D eigenvalue weighted by Gasteiger charge is 2.24. The van der Waals surface area contributed by atoms with Gasteiger partial charge in [-0.25, -0.2) is 9.97 Å². The summed E-state index contributed by atoms with van der Waals surface area (Å²) in [7, 11) is 1.60. The quantitative estimate of drug-likeness (QED) is 0.837. The second kappa shape index (κ2) is 7.77. The lowest BCUT2D eigenvalue weighted by Gasteiger charge is -2.35. The number of rotatable bonds is 5. The van der Waals surface area contributed by atoms with Gasteiger partial charge in [0.2, 0.25) is 0 Å². The summed E-state index contributed by atoms with van der Waals surface area (Å²) in [5.41, 5.74) is 0. The maximum Gasteiger partial charge on any atom is 0.278 e. The first-order valence-corrected chi connectivity index (χ1v) is 8.59. The third-order valence-electron chi connectivity index (χ3n) is 4.88. The highest BCUT2D eigenvalue weighted by molar-refractivity contribution is 5.24. The van der Waals surface area contributed by atoms with Crippen molar-refractivity contribution in [2.24, 2.45) is 5.92 Å². The van der Waals surface area contributed by atoms with Crippen molar-refractivity contribution in [2.75, 3.05) is 26.7 Å². The van der Waals surface area contributed by atoms with Crippen LogP contribution in [0.3, 0.4) is 0 Å². The van der Waals surface area contributed by atoms with E-state index in [1.807, 2.05) is 0 Å². The molecule has 0 spiro atoms. The van der Waals surface area contributed by atoms with Crippen LogP contribution >= 0.6 is 0 Å². The normalized spacial score (nSPS) is 21.7. The Bertz CT molecular complexity index is 455. The van der Waals surface area contributed by atoms with E-state index >= 15 is 0 Å². The van der Waals surface area contributed by atoms with Gasteiger partial charge in [-0.15, -0.1) is 0 Å². The average Bonchev–Trinajstić information content (AvgIpc) is 2.58. The zero-order chi connectivity index (χ0) is 15.2. The van der Waals surface area contributed by atoms with Crippen LogP contribution in [-0.4, -0.2) is 47.7 Å². The number of methoxy groups -OCH3 is 1. The maximum atomic E-state index is 5.99. The Hall–Kier alpha value is -1.36.